The summed E-state index contributed by atoms with van der Waals surface area (Å²) in [5, 5.41) is 3.26. The summed E-state index contributed by atoms with van der Waals surface area (Å²) in [5.74, 6) is 0.637. The molecule has 0 radical (unpaired) electrons. The predicted molar refractivity (Wildman–Crippen MR) is 89.6 cm³/mol. The zero-order chi connectivity index (χ0) is 16.5. The molecule has 1 N–H and O–H groups in total. The van der Waals surface area contributed by atoms with Crippen LogP contribution in [0.25, 0.3) is 0 Å². The molecule has 2 rings (SSSR count). The van der Waals surface area contributed by atoms with Gasteiger partial charge in [-0.1, -0.05) is 13.3 Å². The molecular formula is C16H27N5O2. The van der Waals surface area contributed by atoms with Crippen molar-refractivity contribution in [2.24, 2.45) is 0 Å². The molecule has 23 heavy (non-hydrogen) atoms. The third kappa shape index (κ3) is 5.76. The number of nitrogens with zero attached hydrogens (tertiary/aromatic N) is 4. The van der Waals surface area contributed by atoms with Crippen molar-refractivity contribution >= 4 is 11.7 Å². The van der Waals surface area contributed by atoms with Gasteiger partial charge in [-0.3, -0.25) is 9.69 Å². The normalized spacial score (nSPS) is 15.4. The Morgan fingerprint density at radius 2 is 2.17 bits per heavy atom. The van der Waals surface area contributed by atoms with E-state index in [9.17, 15) is 4.79 Å². The molecule has 1 aromatic rings. The van der Waals surface area contributed by atoms with E-state index < -0.39 is 0 Å². The molecule has 0 bridgehead atoms. The highest BCUT2D eigenvalue weighted by Crippen LogP contribution is 2.07. The molecule has 1 saturated heterocycles. The SMILES string of the molecule is CCCCN(C)C(=O)c1cc(NCCN2CCOCC2)ncn1. The second-order valence-electron chi connectivity index (χ2n) is 5.75. The van der Waals surface area contributed by atoms with Crippen LogP contribution in [0.15, 0.2) is 12.4 Å². The third-order valence-corrected chi connectivity index (χ3v) is 3.92. The fourth-order valence-corrected chi connectivity index (χ4v) is 2.43. The zero-order valence-corrected chi connectivity index (χ0v) is 14.1. The fourth-order valence-electron chi connectivity index (χ4n) is 2.43. The van der Waals surface area contributed by atoms with E-state index in [4.69, 9.17) is 4.74 Å². The van der Waals surface area contributed by atoms with Gasteiger partial charge in [-0.15, -0.1) is 0 Å². The van der Waals surface area contributed by atoms with Gasteiger partial charge in [0, 0.05) is 45.8 Å². The number of unbranched alkanes of at least 4 members (excludes halogenated alkanes) is 1. The minimum Gasteiger partial charge on any atom is -0.379 e. The van der Waals surface area contributed by atoms with Crippen molar-refractivity contribution in [3.8, 4) is 0 Å². The Morgan fingerprint density at radius 1 is 1.39 bits per heavy atom. The summed E-state index contributed by atoms with van der Waals surface area (Å²) in [4.78, 5) is 24.7. The molecule has 0 unspecified atom stereocenters. The number of hydrogen-bond acceptors (Lipinski definition) is 6. The van der Waals surface area contributed by atoms with Gasteiger partial charge in [0.05, 0.1) is 13.2 Å². The van der Waals surface area contributed by atoms with Crippen LogP contribution in [0.3, 0.4) is 0 Å². The molecule has 1 aliphatic rings. The molecule has 0 atom stereocenters. The predicted octanol–water partition coefficient (Wildman–Crippen LogP) is 1.09. The average Bonchev–Trinajstić information content (AvgIpc) is 2.60. The van der Waals surface area contributed by atoms with Crippen molar-refractivity contribution in [1.82, 2.24) is 19.8 Å². The Morgan fingerprint density at radius 3 is 2.91 bits per heavy atom. The Bertz CT molecular complexity index is 491. The van der Waals surface area contributed by atoms with E-state index in [1.807, 2.05) is 7.05 Å². The van der Waals surface area contributed by atoms with Crippen LogP contribution in [-0.4, -0.2) is 78.7 Å². The number of morpholine rings is 1. The summed E-state index contributed by atoms with van der Waals surface area (Å²) in [7, 11) is 1.81. The van der Waals surface area contributed by atoms with Crippen molar-refractivity contribution in [1.29, 1.82) is 0 Å². The van der Waals surface area contributed by atoms with E-state index in [1.54, 1.807) is 11.0 Å². The first-order valence-electron chi connectivity index (χ1n) is 8.32. The number of nitrogens with one attached hydrogen (secondary N) is 1. The summed E-state index contributed by atoms with van der Waals surface area (Å²) >= 11 is 0. The number of carbonyl (C=O) groups is 1. The van der Waals surface area contributed by atoms with E-state index in [-0.39, 0.29) is 5.91 Å². The lowest BCUT2D eigenvalue weighted by molar-refractivity contribution is 0.0398. The number of amides is 1. The van der Waals surface area contributed by atoms with E-state index in [2.05, 4.69) is 27.1 Å². The largest absolute Gasteiger partial charge is 0.379 e. The summed E-state index contributed by atoms with van der Waals surface area (Å²) < 4.78 is 5.33. The summed E-state index contributed by atoms with van der Waals surface area (Å²) in [5.41, 5.74) is 0.437. The number of rotatable bonds is 8. The van der Waals surface area contributed by atoms with Crippen molar-refractivity contribution < 1.29 is 9.53 Å². The van der Waals surface area contributed by atoms with Gasteiger partial charge >= 0.3 is 0 Å². The minimum absolute atomic E-state index is 0.0583. The van der Waals surface area contributed by atoms with Gasteiger partial charge < -0.3 is 15.0 Å². The highest BCUT2D eigenvalue weighted by atomic mass is 16.5. The van der Waals surface area contributed by atoms with Gasteiger partial charge in [0.15, 0.2) is 0 Å². The highest BCUT2D eigenvalue weighted by Gasteiger charge is 2.14. The van der Waals surface area contributed by atoms with Crippen molar-refractivity contribution in [2.75, 3.05) is 58.3 Å². The topological polar surface area (TPSA) is 70.6 Å². The maximum Gasteiger partial charge on any atom is 0.272 e. The maximum absolute atomic E-state index is 12.3. The molecule has 2 heterocycles. The van der Waals surface area contributed by atoms with Gasteiger partial charge in [-0.05, 0) is 6.42 Å². The molecule has 0 aliphatic carbocycles. The molecule has 0 spiro atoms. The van der Waals surface area contributed by atoms with Gasteiger partial charge in [0.2, 0.25) is 0 Å². The maximum atomic E-state index is 12.3. The van der Waals surface area contributed by atoms with Gasteiger partial charge in [0.25, 0.3) is 5.91 Å². The number of hydrogen-bond donors (Lipinski definition) is 1. The number of ether oxygens (including phenoxy) is 1. The van der Waals surface area contributed by atoms with Crippen LogP contribution in [0, 0.1) is 0 Å². The number of carbonyl (C=O) groups excluding carboxylic acids is 1. The summed E-state index contributed by atoms with van der Waals surface area (Å²) in [6.45, 7) is 8.13. The molecule has 128 valence electrons. The second-order valence-corrected chi connectivity index (χ2v) is 5.75. The van der Waals surface area contributed by atoms with Crippen LogP contribution in [0.2, 0.25) is 0 Å². The third-order valence-electron chi connectivity index (χ3n) is 3.92. The molecule has 1 amide bonds. The first-order chi connectivity index (χ1) is 11.2. The average molecular weight is 321 g/mol. The molecule has 1 fully saturated rings. The van der Waals surface area contributed by atoms with Gasteiger partial charge in [-0.2, -0.15) is 0 Å². The smallest absolute Gasteiger partial charge is 0.272 e. The Balaban J connectivity index is 1.82. The first-order valence-corrected chi connectivity index (χ1v) is 8.32. The molecule has 7 heteroatoms. The van der Waals surface area contributed by atoms with Crippen LogP contribution in [0.4, 0.5) is 5.82 Å². The second kappa shape index (κ2) is 9.42. The highest BCUT2D eigenvalue weighted by molar-refractivity contribution is 5.92. The first kappa shape index (κ1) is 17.6. The molecule has 1 aliphatic heterocycles. The van der Waals surface area contributed by atoms with Crippen LogP contribution >= 0.6 is 0 Å². The molecule has 7 nitrogen and oxygen atoms in total. The van der Waals surface area contributed by atoms with Crippen LogP contribution in [-0.2, 0) is 4.74 Å². The molecule has 0 aromatic carbocycles. The lowest BCUT2D eigenvalue weighted by Gasteiger charge is -2.26. The standard InChI is InChI=1S/C16H27N5O2/c1-3-4-6-20(2)16(22)14-12-15(19-13-18-14)17-5-7-21-8-10-23-11-9-21/h12-13H,3-11H2,1-2H3,(H,17,18,19). The minimum atomic E-state index is -0.0583. The van der Waals surface area contributed by atoms with Crippen molar-refractivity contribution in [3.63, 3.8) is 0 Å². The monoisotopic (exact) mass is 321 g/mol. The lowest BCUT2D eigenvalue weighted by Crippen LogP contribution is -2.39. The fraction of sp³-hybridized carbons (Fsp3) is 0.688. The zero-order valence-electron chi connectivity index (χ0n) is 14.1. The van der Waals surface area contributed by atoms with Gasteiger partial charge in [0.1, 0.15) is 17.8 Å². The Hall–Kier alpha value is -1.73. The Kier molecular flexibility index (Phi) is 7.22. The number of anilines is 1. The summed E-state index contributed by atoms with van der Waals surface area (Å²) in [6.07, 6.45) is 3.51. The quantitative estimate of drug-likeness (QED) is 0.773. The Labute approximate surface area is 138 Å². The van der Waals surface area contributed by atoms with Crippen molar-refractivity contribution in [3.05, 3.63) is 18.1 Å². The lowest BCUT2D eigenvalue weighted by atomic mass is 10.3. The molecule has 0 saturated carbocycles. The van der Waals surface area contributed by atoms with Crippen LogP contribution in [0.5, 0.6) is 0 Å². The van der Waals surface area contributed by atoms with E-state index in [0.717, 1.165) is 58.8 Å². The van der Waals surface area contributed by atoms with Crippen molar-refractivity contribution in [2.45, 2.75) is 19.8 Å². The molecular weight excluding hydrogens is 294 g/mol. The van der Waals surface area contributed by atoms with E-state index >= 15 is 0 Å². The van der Waals surface area contributed by atoms with Crippen LogP contribution < -0.4 is 5.32 Å². The van der Waals surface area contributed by atoms with Gasteiger partial charge in [-0.25, -0.2) is 9.97 Å². The summed E-state index contributed by atoms with van der Waals surface area (Å²) in [6, 6.07) is 1.73. The van der Waals surface area contributed by atoms with E-state index in [1.165, 1.54) is 6.33 Å². The van der Waals surface area contributed by atoms with Crippen LogP contribution in [0.1, 0.15) is 30.3 Å². The number of aromatic nitrogens is 2. The molecule has 1 aromatic heterocycles. The van der Waals surface area contributed by atoms with E-state index in [0.29, 0.717) is 11.5 Å².